The van der Waals surface area contributed by atoms with Gasteiger partial charge in [0, 0.05) is 19.2 Å². The number of carbonyl (C=O) groups excluding carboxylic acids is 1. The Kier molecular flexibility index (Phi) is 8.00. The molecular formula is C26H30F2N2O3. The molecule has 33 heavy (non-hydrogen) atoms. The number of fused-ring (bicyclic) bond motifs is 1. The smallest absolute Gasteiger partial charge is 0.407 e. The number of aliphatic hydroxyl groups excluding tert-OH is 1. The monoisotopic (exact) mass is 456 g/mol. The fraction of sp³-hybridized carbons (Fsp3) is 0.346. The molecule has 0 aliphatic heterocycles. The zero-order valence-electron chi connectivity index (χ0n) is 19.1. The van der Waals surface area contributed by atoms with Crippen molar-refractivity contribution in [2.24, 2.45) is 0 Å². The summed E-state index contributed by atoms with van der Waals surface area (Å²) in [5, 5.41) is 18.9. The average Bonchev–Trinajstić information content (AvgIpc) is 2.71. The summed E-state index contributed by atoms with van der Waals surface area (Å²) in [4.78, 5) is 12.3. The summed E-state index contributed by atoms with van der Waals surface area (Å²) >= 11 is 0. The molecule has 2 atom stereocenters. The Balaban J connectivity index is 1.65. The molecule has 3 N–H and O–H groups in total. The lowest BCUT2D eigenvalue weighted by atomic mass is 10.0. The number of aliphatic hydroxyl groups is 1. The van der Waals surface area contributed by atoms with Gasteiger partial charge in [0.1, 0.15) is 17.2 Å². The second kappa shape index (κ2) is 10.7. The van der Waals surface area contributed by atoms with Gasteiger partial charge in [-0.15, -0.1) is 0 Å². The Morgan fingerprint density at radius 1 is 0.970 bits per heavy atom. The molecule has 0 saturated carbocycles. The predicted octanol–water partition coefficient (Wildman–Crippen LogP) is 4.70. The van der Waals surface area contributed by atoms with E-state index in [9.17, 15) is 18.7 Å². The minimum atomic E-state index is -1.02. The maximum atomic E-state index is 13.6. The molecule has 0 radical (unpaired) electrons. The van der Waals surface area contributed by atoms with E-state index < -0.39 is 35.5 Å². The predicted molar refractivity (Wildman–Crippen MR) is 125 cm³/mol. The SMILES string of the molecule is CC(C)(C)OC(=O)N[C@@H](Cc1cc(F)cc(F)c1)[C@H](O)CNCc1ccc2ccccc2c1. The number of hydrogen-bond acceptors (Lipinski definition) is 4. The van der Waals surface area contributed by atoms with Crippen LogP contribution in [0.5, 0.6) is 0 Å². The van der Waals surface area contributed by atoms with Gasteiger partial charge in [0.25, 0.3) is 0 Å². The van der Waals surface area contributed by atoms with E-state index in [0.29, 0.717) is 12.1 Å². The molecule has 0 unspecified atom stereocenters. The van der Waals surface area contributed by atoms with Crippen LogP contribution >= 0.6 is 0 Å². The normalized spacial score (nSPS) is 13.5. The molecular weight excluding hydrogens is 426 g/mol. The highest BCUT2D eigenvalue weighted by Gasteiger charge is 2.25. The van der Waals surface area contributed by atoms with Crippen LogP contribution in [0.2, 0.25) is 0 Å². The van der Waals surface area contributed by atoms with E-state index in [-0.39, 0.29) is 13.0 Å². The van der Waals surface area contributed by atoms with Crippen LogP contribution in [0.15, 0.2) is 60.7 Å². The van der Waals surface area contributed by atoms with Crippen molar-refractivity contribution < 1.29 is 23.4 Å². The molecule has 0 aliphatic carbocycles. The molecule has 0 fully saturated rings. The van der Waals surface area contributed by atoms with Crippen LogP contribution in [0.25, 0.3) is 10.8 Å². The molecule has 7 heteroatoms. The van der Waals surface area contributed by atoms with Crippen molar-refractivity contribution in [2.45, 2.75) is 51.5 Å². The van der Waals surface area contributed by atoms with E-state index in [2.05, 4.69) is 16.7 Å². The lowest BCUT2D eigenvalue weighted by Crippen LogP contribution is -2.49. The van der Waals surface area contributed by atoms with Gasteiger partial charge in [0.05, 0.1) is 12.1 Å². The summed E-state index contributed by atoms with van der Waals surface area (Å²) in [5.41, 5.74) is 0.644. The van der Waals surface area contributed by atoms with Gasteiger partial charge in [-0.3, -0.25) is 0 Å². The zero-order valence-corrected chi connectivity index (χ0v) is 19.1. The largest absolute Gasteiger partial charge is 0.444 e. The molecule has 0 aliphatic rings. The third-order valence-electron chi connectivity index (χ3n) is 5.04. The molecule has 3 aromatic carbocycles. The summed E-state index contributed by atoms with van der Waals surface area (Å²) in [5.74, 6) is -1.44. The van der Waals surface area contributed by atoms with Gasteiger partial charge in [-0.1, -0.05) is 36.4 Å². The summed E-state index contributed by atoms with van der Waals surface area (Å²) in [6.45, 7) is 5.85. The van der Waals surface area contributed by atoms with Crippen LogP contribution < -0.4 is 10.6 Å². The molecule has 1 amide bonds. The van der Waals surface area contributed by atoms with Gasteiger partial charge in [-0.2, -0.15) is 0 Å². The maximum absolute atomic E-state index is 13.6. The van der Waals surface area contributed by atoms with Gasteiger partial charge < -0.3 is 20.5 Å². The molecule has 3 aromatic rings. The first kappa shape index (κ1) is 24.6. The molecule has 5 nitrogen and oxygen atoms in total. The molecule has 0 saturated heterocycles. The summed E-state index contributed by atoms with van der Waals surface area (Å²) in [7, 11) is 0. The Morgan fingerprint density at radius 3 is 2.30 bits per heavy atom. The number of ether oxygens (including phenoxy) is 1. The maximum Gasteiger partial charge on any atom is 0.407 e. The number of hydrogen-bond donors (Lipinski definition) is 3. The van der Waals surface area contributed by atoms with Crippen molar-refractivity contribution in [2.75, 3.05) is 6.54 Å². The molecule has 3 rings (SSSR count). The fourth-order valence-corrected chi connectivity index (χ4v) is 3.58. The van der Waals surface area contributed by atoms with Gasteiger partial charge in [0.15, 0.2) is 0 Å². The Bertz CT molecular complexity index is 1080. The number of alkyl carbamates (subject to hydrolysis) is 1. The van der Waals surface area contributed by atoms with Crippen LogP contribution in [0.4, 0.5) is 13.6 Å². The molecule has 0 spiro atoms. The van der Waals surface area contributed by atoms with Crippen molar-refractivity contribution in [3.63, 3.8) is 0 Å². The van der Waals surface area contributed by atoms with Crippen molar-refractivity contribution >= 4 is 16.9 Å². The summed E-state index contributed by atoms with van der Waals surface area (Å²) in [6.07, 6.45) is -1.70. The molecule has 0 aromatic heterocycles. The number of halogens is 2. The number of rotatable bonds is 8. The highest BCUT2D eigenvalue weighted by atomic mass is 19.1. The third-order valence-corrected chi connectivity index (χ3v) is 5.04. The van der Waals surface area contributed by atoms with E-state index in [1.165, 1.54) is 12.1 Å². The number of carbonyl (C=O) groups is 1. The first-order valence-corrected chi connectivity index (χ1v) is 10.9. The minimum absolute atomic E-state index is 0.0345. The van der Waals surface area contributed by atoms with Crippen molar-refractivity contribution in [3.05, 3.63) is 83.4 Å². The summed E-state index contributed by atoms with van der Waals surface area (Å²) < 4.78 is 32.6. The van der Waals surface area contributed by atoms with Crippen LogP contribution in [-0.2, 0) is 17.7 Å². The van der Waals surface area contributed by atoms with Crippen molar-refractivity contribution in [1.82, 2.24) is 10.6 Å². The molecule has 176 valence electrons. The van der Waals surface area contributed by atoms with E-state index in [1.807, 2.05) is 36.4 Å². The quantitative estimate of drug-likeness (QED) is 0.459. The van der Waals surface area contributed by atoms with Gasteiger partial charge in [-0.25, -0.2) is 13.6 Å². The van der Waals surface area contributed by atoms with E-state index in [1.54, 1.807) is 20.8 Å². The van der Waals surface area contributed by atoms with Crippen LogP contribution in [0, 0.1) is 11.6 Å². The first-order chi connectivity index (χ1) is 15.6. The highest BCUT2D eigenvalue weighted by Crippen LogP contribution is 2.16. The van der Waals surface area contributed by atoms with Crippen molar-refractivity contribution in [3.8, 4) is 0 Å². The lowest BCUT2D eigenvalue weighted by Gasteiger charge is -2.27. The van der Waals surface area contributed by atoms with Gasteiger partial charge in [-0.05, 0) is 67.3 Å². The topological polar surface area (TPSA) is 70.6 Å². The standard InChI is InChI=1S/C26H30F2N2O3/c1-26(2,3)33-25(32)30-23(13-18-11-21(27)14-22(28)12-18)24(31)16-29-15-17-8-9-19-6-4-5-7-20(19)10-17/h4-12,14,23-24,29,31H,13,15-16H2,1-3H3,(H,30,32)/t23-,24+/m0/s1. The van der Waals surface area contributed by atoms with Crippen LogP contribution in [0.1, 0.15) is 31.9 Å². The number of amides is 1. The van der Waals surface area contributed by atoms with E-state index in [0.717, 1.165) is 22.4 Å². The van der Waals surface area contributed by atoms with E-state index in [4.69, 9.17) is 4.74 Å². The number of benzene rings is 3. The first-order valence-electron chi connectivity index (χ1n) is 10.9. The second-order valence-corrected chi connectivity index (χ2v) is 9.11. The van der Waals surface area contributed by atoms with Crippen LogP contribution in [0.3, 0.4) is 0 Å². The minimum Gasteiger partial charge on any atom is -0.444 e. The van der Waals surface area contributed by atoms with E-state index >= 15 is 0 Å². The van der Waals surface area contributed by atoms with Gasteiger partial charge in [0.2, 0.25) is 0 Å². The summed E-state index contributed by atoms with van der Waals surface area (Å²) in [6, 6.07) is 16.5. The fourth-order valence-electron chi connectivity index (χ4n) is 3.58. The molecule has 0 heterocycles. The zero-order chi connectivity index (χ0) is 24.0. The Morgan fingerprint density at radius 2 is 1.64 bits per heavy atom. The molecule has 0 bridgehead atoms. The number of nitrogens with one attached hydrogen (secondary N) is 2. The average molecular weight is 457 g/mol. The second-order valence-electron chi connectivity index (χ2n) is 9.11. The van der Waals surface area contributed by atoms with Gasteiger partial charge >= 0.3 is 6.09 Å². The van der Waals surface area contributed by atoms with Crippen LogP contribution in [-0.4, -0.2) is 35.5 Å². The lowest BCUT2D eigenvalue weighted by molar-refractivity contribution is 0.0422. The third kappa shape index (κ3) is 7.80. The van der Waals surface area contributed by atoms with Crippen molar-refractivity contribution in [1.29, 1.82) is 0 Å². The Labute approximate surface area is 192 Å². The Hall–Kier alpha value is -3.03. The highest BCUT2D eigenvalue weighted by molar-refractivity contribution is 5.82.